The van der Waals surface area contributed by atoms with Crippen molar-refractivity contribution in [3.8, 4) is 0 Å². The van der Waals surface area contributed by atoms with Crippen LogP contribution in [0.15, 0.2) is 24.3 Å². The number of hydrogen-bond donors (Lipinski definition) is 0. The number of hydrogen-bond acceptors (Lipinski definition) is 1. The molecule has 1 fully saturated rings. The zero-order chi connectivity index (χ0) is 11.5. The Kier molecular flexibility index (Phi) is 3.49. The lowest BCUT2D eigenvalue weighted by Crippen LogP contribution is -2.28. The Morgan fingerprint density at radius 3 is 3.00 bits per heavy atom. The van der Waals surface area contributed by atoms with Gasteiger partial charge in [0.15, 0.2) is 0 Å². The second kappa shape index (κ2) is 4.88. The smallest absolute Gasteiger partial charge is 0.253 e. The van der Waals surface area contributed by atoms with Crippen molar-refractivity contribution in [3.05, 3.63) is 35.4 Å². The molecule has 1 aliphatic heterocycles. The fourth-order valence-electron chi connectivity index (χ4n) is 2.09. The molecule has 1 heterocycles. The van der Waals surface area contributed by atoms with Crippen molar-refractivity contribution in [1.82, 2.24) is 4.90 Å². The average molecular weight is 238 g/mol. The molecule has 2 nitrogen and oxygen atoms in total. The van der Waals surface area contributed by atoms with Crippen molar-refractivity contribution >= 4 is 17.5 Å². The molecule has 16 heavy (non-hydrogen) atoms. The van der Waals surface area contributed by atoms with Crippen LogP contribution < -0.4 is 0 Å². The Morgan fingerprint density at radius 2 is 2.38 bits per heavy atom. The first-order valence-corrected chi connectivity index (χ1v) is 6.18. The Morgan fingerprint density at radius 1 is 1.56 bits per heavy atom. The minimum absolute atomic E-state index is 0.135. The fraction of sp³-hybridized carbons (Fsp3) is 0.462. The number of rotatable bonds is 2. The van der Waals surface area contributed by atoms with Gasteiger partial charge in [-0.15, -0.1) is 11.6 Å². The Bertz CT molecular complexity index is 391. The van der Waals surface area contributed by atoms with E-state index in [1.54, 1.807) is 0 Å². The van der Waals surface area contributed by atoms with Crippen LogP contribution in [0, 0.1) is 5.92 Å². The molecule has 1 aromatic rings. The molecule has 0 N–H and O–H groups in total. The highest BCUT2D eigenvalue weighted by Gasteiger charge is 2.23. The van der Waals surface area contributed by atoms with E-state index in [9.17, 15) is 4.79 Å². The van der Waals surface area contributed by atoms with Crippen LogP contribution in [0.3, 0.4) is 0 Å². The van der Waals surface area contributed by atoms with E-state index >= 15 is 0 Å². The lowest BCUT2D eigenvalue weighted by molar-refractivity contribution is 0.0788. The zero-order valence-electron chi connectivity index (χ0n) is 9.45. The molecule has 0 saturated carbocycles. The maximum atomic E-state index is 12.1. The number of halogens is 1. The van der Waals surface area contributed by atoms with Gasteiger partial charge >= 0.3 is 0 Å². The second-order valence-corrected chi connectivity index (χ2v) is 4.75. The molecule has 1 aromatic carbocycles. The molecular formula is C13H16ClNO. The number of amides is 1. The van der Waals surface area contributed by atoms with Gasteiger partial charge in [-0.1, -0.05) is 19.1 Å². The highest BCUT2D eigenvalue weighted by atomic mass is 35.5. The van der Waals surface area contributed by atoms with Gasteiger partial charge in [0.1, 0.15) is 0 Å². The second-order valence-electron chi connectivity index (χ2n) is 4.48. The lowest BCUT2D eigenvalue weighted by Gasteiger charge is -2.16. The van der Waals surface area contributed by atoms with Crippen LogP contribution in [0.25, 0.3) is 0 Å². The minimum atomic E-state index is 0.135. The van der Waals surface area contributed by atoms with Crippen LogP contribution >= 0.6 is 11.6 Å². The van der Waals surface area contributed by atoms with E-state index < -0.39 is 0 Å². The first-order chi connectivity index (χ1) is 7.70. The molecule has 3 heteroatoms. The quantitative estimate of drug-likeness (QED) is 0.725. The zero-order valence-corrected chi connectivity index (χ0v) is 10.2. The molecule has 1 saturated heterocycles. The molecule has 2 rings (SSSR count). The van der Waals surface area contributed by atoms with Crippen LogP contribution in [-0.4, -0.2) is 23.9 Å². The molecule has 1 amide bonds. The third-order valence-electron chi connectivity index (χ3n) is 3.04. The van der Waals surface area contributed by atoms with Crippen LogP contribution in [0.1, 0.15) is 29.3 Å². The molecular weight excluding hydrogens is 222 g/mol. The third kappa shape index (κ3) is 2.38. The summed E-state index contributed by atoms with van der Waals surface area (Å²) < 4.78 is 0. The summed E-state index contributed by atoms with van der Waals surface area (Å²) >= 11 is 5.76. The van der Waals surface area contributed by atoms with Crippen LogP contribution in [0.2, 0.25) is 0 Å². The van der Waals surface area contributed by atoms with Crippen LogP contribution in [0.5, 0.6) is 0 Å². The summed E-state index contributed by atoms with van der Waals surface area (Å²) in [5.74, 6) is 1.22. The van der Waals surface area contributed by atoms with Crippen molar-refractivity contribution in [1.29, 1.82) is 0 Å². The first-order valence-electron chi connectivity index (χ1n) is 5.65. The first kappa shape index (κ1) is 11.5. The van der Waals surface area contributed by atoms with Gasteiger partial charge in [0.05, 0.1) is 0 Å². The third-order valence-corrected chi connectivity index (χ3v) is 3.35. The van der Waals surface area contributed by atoms with Gasteiger partial charge in [-0.25, -0.2) is 0 Å². The molecule has 1 atom stereocenters. The summed E-state index contributed by atoms with van der Waals surface area (Å²) in [4.78, 5) is 14.1. The molecule has 1 aliphatic rings. The summed E-state index contributed by atoms with van der Waals surface area (Å²) in [7, 11) is 0. The van der Waals surface area contributed by atoms with Crippen LogP contribution in [0.4, 0.5) is 0 Å². The van der Waals surface area contributed by atoms with Gasteiger partial charge in [0.25, 0.3) is 5.91 Å². The van der Waals surface area contributed by atoms with E-state index in [1.165, 1.54) is 0 Å². The SMILES string of the molecule is CC1CCN(C(=O)c2cccc(CCl)c2)C1. The van der Waals surface area contributed by atoms with Gasteiger partial charge in [0.2, 0.25) is 0 Å². The number of benzene rings is 1. The number of carbonyl (C=O) groups is 1. The minimum Gasteiger partial charge on any atom is -0.338 e. The van der Waals surface area contributed by atoms with Crippen molar-refractivity contribution in [3.63, 3.8) is 0 Å². The Labute approximate surface area is 101 Å². The van der Waals surface area contributed by atoms with E-state index in [2.05, 4.69) is 6.92 Å². The standard InChI is InChI=1S/C13H16ClNO/c1-10-5-6-15(9-10)13(16)12-4-2-3-11(7-12)8-14/h2-4,7,10H,5-6,8-9H2,1H3. The van der Waals surface area contributed by atoms with Crippen molar-refractivity contribution < 1.29 is 4.79 Å². The van der Waals surface area contributed by atoms with E-state index in [-0.39, 0.29) is 5.91 Å². The topological polar surface area (TPSA) is 20.3 Å². The monoisotopic (exact) mass is 237 g/mol. The normalized spacial score (nSPS) is 20.1. The van der Waals surface area contributed by atoms with E-state index in [0.29, 0.717) is 11.8 Å². The maximum Gasteiger partial charge on any atom is 0.253 e. The molecule has 86 valence electrons. The molecule has 0 aromatic heterocycles. The predicted molar refractivity (Wildman–Crippen MR) is 65.7 cm³/mol. The average Bonchev–Trinajstić information content (AvgIpc) is 2.75. The molecule has 0 radical (unpaired) electrons. The summed E-state index contributed by atoms with van der Waals surface area (Å²) in [6.45, 7) is 3.94. The van der Waals surface area contributed by atoms with Gasteiger partial charge in [-0.2, -0.15) is 0 Å². The highest BCUT2D eigenvalue weighted by Crippen LogP contribution is 2.18. The van der Waals surface area contributed by atoms with Crippen LogP contribution in [-0.2, 0) is 5.88 Å². The van der Waals surface area contributed by atoms with Crippen molar-refractivity contribution in [2.45, 2.75) is 19.2 Å². The highest BCUT2D eigenvalue weighted by molar-refractivity contribution is 6.17. The lowest BCUT2D eigenvalue weighted by atomic mass is 10.1. The number of alkyl halides is 1. The predicted octanol–water partition coefficient (Wildman–Crippen LogP) is 2.91. The molecule has 0 bridgehead atoms. The maximum absolute atomic E-state index is 12.1. The summed E-state index contributed by atoms with van der Waals surface area (Å²) in [6.07, 6.45) is 1.11. The largest absolute Gasteiger partial charge is 0.338 e. The Hall–Kier alpha value is -1.02. The number of carbonyl (C=O) groups excluding carboxylic acids is 1. The summed E-state index contributed by atoms with van der Waals surface area (Å²) in [5, 5.41) is 0. The van der Waals surface area contributed by atoms with E-state index in [4.69, 9.17) is 11.6 Å². The molecule has 0 spiro atoms. The molecule has 0 aliphatic carbocycles. The van der Waals surface area contributed by atoms with Gasteiger partial charge < -0.3 is 4.90 Å². The summed E-state index contributed by atoms with van der Waals surface area (Å²) in [5.41, 5.74) is 1.76. The molecule has 1 unspecified atom stereocenters. The van der Waals surface area contributed by atoms with Crippen molar-refractivity contribution in [2.24, 2.45) is 5.92 Å². The summed E-state index contributed by atoms with van der Waals surface area (Å²) in [6, 6.07) is 7.58. The Balaban J connectivity index is 2.14. The van der Waals surface area contributed by atoms with Gasteiger partial charge in [0, 0.05) is 24.5 Å². The van der Waals surface area contributed by atoms with Gasteiger partial charge in [-0.05, 0) is 30.0 Å². The van der Waals surface area contributed by atoms with E-state index in [1.807, 2.05) is 29.2 Å². The van der Waals surface area contributed by atoms with Gasteiger partial charge in [-0.3, -0.25) is 4.79 Å². The number of nitrogens with zero attached hydrogens (tertiary/aromatic N) is 1. The van der Waals surface area contributed by atoms with E-state index in [0.717, 1.165) is 30.6 Å². The number of likely N-dealkylation sites (tertiary alicyclic amines) is 1. The fourth-order valence-corrected chi connectivity index (χ4v) is 2.26. The van der Waals surface area contributed by atoms with Crippen molar-refractivity contribution in [2.75, 3.05) is 13.1 Å².